The van der Waals surface area contributed by atoms with Gasteiger partial charge in [0.15, 0.2) is 0 Å². The van der Waals surface area contributed by atoms with Crippen molar-refractivity contribution in [2.75, 3.05) is 39.3 Å². The first kappa shape index (κ1) is 15.9. The summed E-state index contributed by atoms with van der Waals surface area (Å²) in [5.74, 6) is 0.503. The molecule has 1 fully saturated rings. The molecule has 0 radical (unpaired) electrons. The summed E-state index contributed by atoms with van der Waals surface area (Å²) in [5, 5.41) is 12.8. The summed E-state index contributed by atoms with van der Waals surface area (Å²) < 4.78 is 0. The molecule has 18 heavy (non-hydrogen) atoms. The molecule has 1 rings (SSSR count). The van der Waals surface area contributed by atoms with Crippen molar-refractivity contribution in [1.82, 2.24) is 10.2 Å². The van der Waals surface area contributed by atoms with Gasteiger partial charge in [-0.05, 0) is 43.7 Å². The van der Waals surface area contributed by atoms with E-state index in [0.29, 0.717) is 17.9 Å². The van der Waals surface area contributed by atoms with Crippen LogP contribution < -0.4 is 5.32 Å². The Morgan fingerprint density at radius 3 is 2.78 bits per heavy atom. The van der Waals surface area contributed by atoms with Crippen molar-refractivity contribution in [3.63, 3.8) is 0 Å². The van der Waals surface area contributed by atoms with Crippen LogP contribution in [0.3, 0.4) is 0 Å². The van der Waals surface area contributed by atoms with Crippen LogP contribution in [-0.2, 0) is 0 Å². The van der Waals surface area contributed by atoms with E-state index in [1.54, 1.807) is 0 Å². The van der Waals surface area contributed by atoms with E-state index in [0.717, 1.165) is 19.6 Å². The predicted octanol–water partition coefficient (Wildman–Crippen LogP) is 2.11. The van der Waals surface area contributed by atoms with Gasteiger partial charge in [-0.1, -0.05) is 27.2 Å². The maximum absolute atomic E-state index is 9.31. The van der Waals surface area contributed by atoms with Crippen LogP contribution in [0.5, 0.6) is 0 Å². The van der Waals surface area contributed by atoms with E-state index in [1.165, 1.54) is 38.8 Å². The van der Waals surface area contributed by atoms with Crippen molar-refractivity contribution in [2.24, 2.45) is 11.3 Å². The number of nitrogens with one attached hydrogen (secondary N) is 1. The van der Waals surface area contributed by atoms with Crippen LogP contribution >= 0.6 is 0 Å². The van der Waals surface area contributed by atoms with Crippen molar-refractivity contribution < 1.29 is 5.11 Å². The third kappa shape index (κ3) is 5.25. The fraction of sp³-hybridized carbons (Fsp3) is 1.00. The van der Waals surface area contributed by atoms with Crippen molar-refractivity contribution in [3.05, 3.63) is 0 Å². The topological polar surface area (TPSA) is 35.5 Å². The predicted molar refractivity (Wildman–Crippen MR) is 77.8 cm³/mol. The van der Waals surface area contributed by atoms with Crippen LogP contribution in [0.25, 0.3) is 0 Å². The average molecular weight is 256 g/mol. The molecule has 3 nitrogen and oxygen atoms in total. The Labute approximate surface area is 113 Å². The van der Waals surface area contributed by atoms with Gasteiger partial charge in [0.25, 0.3) is 0 Å². The standard InChI is InChI=1S/C15H32N2O/c1-4-8-15(3,12-16-5-2)13-17-9-6-7-14(10-17)11-18/h14,16,18H,4-13H2,1-3H3. The third-order valence-corrected chi connectivity index (χ3v) is 4.12. The highest BCUT2D eigenvalue weighted by Gasteiger charge is 2.28. The van der Waals surface area contributed by atoms with E-state index in [4.69, 9.17) is 0 Å². The minimum absolute atomic E-state index is 0.355. The number of hydrogen-bond acceptors (Lipinski definition) is 3. The van der Waals surface area contributed by atoms with E-state index >= 15 is 0 Å². The van der Waals surface area contributed by atoms with E-state index in [1.807, 2.05) is 0 Å². The molecule has 2 unspecified atom stereocenters. The van der Waals surface area contributed by atoms with Crippen LogP contribution in [-0.4, -0.2) is 49.3 Å². The Kier molecular flexibility index (Phi) is 7.20. The quantitative estimate of drug-likeness (QED) is 0.698. The molecule has 108 valence electrons. The third-order valence-electron chi connectivity index (χ3n) is 4.12. The molecule has 0 aromatic carbocycles. The minimum Gasteiger partial charge on any atom is -0.396 e. The lowest BCUT2D eigenvalue weighted by Crippen LogP contribution is -2.46. The van der Waals surface area contributed by atoms with Crippen molar-refractivity contribution in [3.8, 4) is 0 Å². The van der Waals surface area contributed by atoms with Crippen molar-refractivity contribution in [2.45, 2.75) is 46.5 Å². The molecule has 1 aliphatic heterocycles. The Balaban J connectivity index is 2.48. The molecule has 0 aromatic rings. The van der Waals surface area contributed by atoms with Gasteiger partial charge in [-0.3, -0.25) is 0 Å². The highest BCUT2D eigenvalue weighted by Crippen LogP contribution is 2.26. The number of likely N-dealkylation sites (tertiary alicyclic amines) is 1. The zero-order valence-electron chi connectivity index (χ0n) is 12.5. The molecule has 2 N–H and O–H groups in total. The lowest BCUT2D eigenvalue weighted by atomic mass is 9.83. The van der Waals surface area contributed by atoms with Gasteiger partial charge in [-0.25, -0.2) is 0 Å². The van der Waals surface area contributed by atoms with Crippen LogP contribution in [0, 0.1) is 11.3 Å². The number of aliphatic hydroxyl groups excluding tert-OH is 1. The van der Waals surface area contributed by atoms with Crippen LogP contribution in [0.1, 0.15) is 46.5 Å². The largest absolute Gasteiger partial charge is 0.396 e. The van der Waals surface area contributed by atoms with E-state index < -0.39 is 0 Å². The molecule has 3 heteroatoms. The van der Waals surface area contributed by atoms with E-state index in [-0.39, 0.29) is 0 Å². The zero-order valence-corrected chi connectivity index (χ0v) is 12.5. The molecule has 2 atom stereocenters. The Morgan fingerprint density at radius 2 is 2.17 bits per heavy atom. The second-order valence-electron chi connectivity index (χ2n) is 6.27. The molecule has 0 aliphatic carbocycles. The first-order valence-electron chi connectivity index (χ1n) is 7.67. The van der Waals surface area contributed by atoms with Crippen LogP contribution in [0.2, 0.25) is 0 Å². The van der Waals surface area contributed by atoms with Crippen molar-refractivity contribution >= 4 is 0 Å². The number of rotatable bonds is 8. The molecular formula is C15H32N2O. The summed E-state index contributed by atoms with van der Waals surface area (Å²) in [4.78, 5) is 2.57. The van der Waals surface area contributed by atoms with E-state index in [9.17, 15) is 5.11 Å². The first-order valence-corrected chi connectivity index (χ1v) is 7.67. The number of aliphatic hydroxyl groups is 1. The smallest absolute Gasteiger partial charge is 0.0471 e. The number of nitrogens with zero attached hydrogens (tertiary/aromatic N) is 1. The fourth-order valence-electron chi connectivity index (χ4n) is 3.24. The molecule has 1 saturated heterocycles. The number of piperidine rings is 1. The normalized spacial score (nSPS) is 25.0. The minimum atomic E-state index is 0.355. The fourth-order valence-corrected chi connectivity index (χ4v) is 3.24. The highest BCUT2D eigenvalue weighted by molar-refractivity contribution is 4.83. The van der Waals surface area contributed by atoms with Gasteiger partial charge in [-0.15, -0.1) is 0 Å². The molecule has 0 aromatic heterocycles. The lowest BCUT2D eigenvalue weighted by molar-refractivity contribution is 0.0796. The summed E-state index contributed by atoms with van der Waals surface area (Å²) in [5.41, 5.74) is 0.377. The van der Waals surface area contributed by atoms with E-state index in [2.05, 4.69) is 31.0 Å². The maximum atomic E-state index is 9.31. The molecule has 0 bridgehead atoms. The monoisotopic (exact) mass is 256 g/mol. The Bertz CT molecular complexity index is 223. The SMILES string of the molecule is CCCC(C)(CNCC)CN1CCCC(CO)C1. The molecular weight excluding hydrogens is 224 g/mol. The van der Waals surface area contributed by atoms with Gasteiger partial charge < -0.3 is 15.3 Å². The maximum Gasteiger partial charge on any atom is 0.0471 e. The van der Waals surface area contributed by atoms with Crippen LogP contribution in [0.15, 0.2) is 0 Å². The first-order chi connectivity index (χ1) is 8.63. The molecule has 0 saturated carbocycles. The molecule has 1 heterocycles. The van der Waals surface area contributed by atoms with Gasteiger partial charge in [0.05, 0.1) is 0 Å². The van der Waals surface area contributed by atoms with Gasteiger partial charge >= 0.3 is 0 Å². The summed E-state index contributed by atoms with van der Waals surface area (Å²) in [6, 6.07) is 0. The Hall–Kier alpha value is -0.120. The molecule has 0 spiro atoms. The van der Waals surface area contributed by atoms with Gasteiger partial charge in [0, 0.05) is 26.2 Å². The summed E-state index contributed by atoms with van der Waals surface area (Å²) in [7, 11) is 0. The van der Waals surface area contributed by atoms with Crippen molar-refractivity contribution in [1.29, 1.82) is 0 Å². The van der Waals surface area contributed by atoms with Gasteiger partial charge in [-0.2, -0.15) is 0 Å². The summed E-state index contributed by atoms with van der Waals surface area (Å²) in [6.45, 7) is 12.8. The lowest BCUT2D eigenvalue weighted by Gasteiger charge is -2.39. The van der Waals surface area contributed by atoms with Crippen LogP contribution in [0.4, 0.5) is 0 Å². The summed E-state index contributed by atoms with van der Waals surface area (Å²) >= 11 is 0. The second-order valence-corrected chi connectivity index (χ2v) is 6.27. The zero-order chi connectivity index (χ0) is 13.4. The highest BCUT2D eigenvalue weighted by atomic mass is 16.3. The summed E-state index contributed by atoms with van der Waals surface area (Å²) in [6.07, 6.45) is 4.97. The molecule has 1 aliphatic rings. The number of hydrogen-bond donors (Lipinski definition) is 2. The van der Waals surface area contributed by atoms with Gasteiger partial charge in [0.2, 0.25) is 0 Å². The molecule has 0 amide bonds. The average Bonchev–Trinajstić information content (AvgIpc) is 2.37. The Morgan fingerprint density at radius 1 is 1.39 bits per heavy atom. The van der Waals surface area contributed by atoms with Gasteiger partial charge in [0.1, 0.15) is 0 Å². The second kappa shape index (κ2) is 8.13.